The average Bonchev–Trinajstić information content (AvgIpc) is 3.49. The number of aromatic amines is 1. The van der Waals surface area contributed by atoms with Crippen LogP contribution in [-0.4, -0.2) is 92.6 Å². The first kappa shape index (κ1) is 33.4. The largest absolute Gasteiger partial charge is 0.491 e. The molecule has 1 atom stereocenters. The van der Waals surface area contributed by atoms with Crippen LogP contribution in [0.25, 0.3) is 10.9 Å². The maximum Gasteiger partial charge on any atom is 0.317 e. The number of aromatic nitrogens is 1. The van der Waals surface area contributed by atoms with Gasteiger partial charge in [-0.1, -0.05) is 49.1 Å². The van der Waals surface area contributed by atoms with Gasteiger partial charge in [0.25, 0.3) is 5.91 Å². The van der Waals surface area contributed by atoms with Gasteiger partial charge in [0.1, 0.15) is 29.0 Å². The number of hydrogen-bond acceptors (Lipinski definition) is 7. The number of anilines is 1. The number of hydrogen-bond donors (Lipinski definition) is 4. The van der Waals surface area contributed by atoms with Gasteiger partial charge >= 0.3 is 6.03 Å². The second-order valence-corrected chi connectivity index (χ2v) is 15.0. The number of benzene rings is 2. The number of morpholine rings is 1. The highest BCUT2D eigenvalue weighted by Crippen LogP contribution is 2.37. The number of nitrogens with one attached hydrogen (secondary N) is 3. The van der Waals surface area contributed by atoms with Gasteiger partial charge in [0.15, 0.2) is 0 Å². The Bertz CT molecular complexity index is 1670. The third-order valence-electron chi connectivity index (χ3n) is 9.36. The summed E-state index contributed by atoms with van der Waals surface area (Å²) in [5.41, 5.74) is 6.51. The van der Waals surface area contributed by atoms with E-state index in [4.69, 9.17) is 26.8 Å². The van der Waals surface area contributed by atoms with Gasteiger partial charge in [-0.2, -0.15) is 4.31 Å². The van der Waals surface area contributed by atoms with Crippen molar-refractivity contribution in [3.05, 3.63) is 53.2 Å². The van der Waals surface area contributed by atoms with Crippen LogP contribution < -0.4 is 21.1 Å². The first-order valence-electron chi connectivity index (χ1n) is 16.4. The number of sulfonamides is 1. The minimum atomic E-state index is -4.21. The summed E-state index contributed by atoms with van der Waals surface area (Å²) in [6.07, 6.45) is 6.99. The van der Waals surface area contributed by atoms with Gasteiger partial charge in [-0.05, 0) is 55.9 Å². The summed E-state index contributed by atoms with van der Waals surface area (Å²) in [7, 11) is -4.21. The predicted molar refractivity (Wildman–Crippen MR) is 180 cm³/mol. The van der Waals surface area contributed by atoms with Crippen LogP contribution in [-0.2, 0) is 14.8 Å². The minimum absolute atomic E-state index is 0.00376. The highest BCUT2D eigenvalue weighted by atomic mass is 35.5. The van der Waals surface area contributed by atoms with E-state index >= 15 is 0 Å². The van der Waals surface area contributed by atoms with Gasteiger partial charge in [-0.15, -0.1) is 0 Å². The van der Waals surface area contributed by atoms with E-state index in [9.17, 15) is 18.0 Å². The number of rotatable bonds is 10. The number of para-hydroxylation sites is 1. The van der Waals surface area contributed by atoms with E-state index in [1.54, 1.807) is 6.07 Å². The number of ether oxygens (including phenoxy) is 2. The number of primary amides is 1. The molecule has 2 aliphatic heterocycles. The average molecular weight is 687 g/mol. The summed E-state index contributed by atoms with van der Waals surface area (Å²) in [6, 6.07) is 12.4. The van der Waals surface area contributed by atoms with E-state index in [1.165, 1.54) is 42.5 Å². The second-order valence-electron chi connectivity index (χ2n) is 12.6. The van der Waals surface area contributed by atoms with Crippen LogP contribution in [0.5, 0.6) is 5.75 Å². The summed E-state index contributed by atoms with van der Waals surface area (Å²) in [5, 5.41) is 7.19. The van der Waals surface area contributed by atoms with Crippen LogP contribution in [0, 0.1) is 5.92 Å². The van der Waals surface area contributed by atoms with Gasteiger partial charge in [0, 0.05) is 49.2 Å². The van der Waals surface area contributed by atoms with Crippen molar-refractivity contribution in [2.24, 2.45) is 11.7 Å². The molecule has 0 spiro atoms. The second kappa shape index (κ2) is 14.7. The number of piperidine rings is 1. The summed E-state index contributed by atoms with van der Waals surface area (Å²) in [4.78, 5) is 30.1. The molecule has 1 aromatic heterocycles. The molecule has 2 aromatic carbocycles. The Balaban J connectivity index is 1.15. The highest BCUT2D eigenvalue weighted by Gasteiger charge is 2.37. The van der Waals surface area contributed by atoms with Gasteiger partial charge in [0.2, 0.25) is 10.0 Å². The Morgan fingerprint density at radius 1 is 1.04 bits per heavy atom. The van der Waals surface area contributed by atoms with Crippen LogP contribution in [0.1, 0.15) is 55.4 Å². The molecule has 14 heteroatoms. The number of nitrogens with zero attached hydrogens (tertiary/aromatic N) is 2. The molecule has 47 heavy (non-hydrogen) atoms. The Labute approximate surface area is 280 Å². The van der Waals surface area contributed by atoms with Crippen molar-refractivity contribution in [3.63, 3.8) is 0 Å². The molecule has 0 radical (unpaired) electrons. The summed E-state index contributed by atoms with van der Waals surface area (Å²) in [5.74, 6) is 0.323. The Morgan fingerprint density at radius 3 is 2.51 bits per heavy atom. The Morgan fingerprint density at radius 2 is 1.79 bits per heavy atom. The number of carbonyl (C=O) groups excluding carboxylic acids is 2. The van der Waals surface area contributed by atoms with Gasteiger partial charge in [-0.3, -0.25) is 4.79 Å². The van der Waals surface area contributed by atoms with Gasteiger partial charge < -0.3 is 35.7 Å². The minimum Gasteiger partial charge on any atom is -0.491 e. The quantitative estimate of drug-likeness (QED) is 0.243. The number of H-pyrrole nitrogens is 1. The van der Waals surface area contributed by atoms with Crippen molar-refractivity contribution < 1.29 is 27.5 Å². The molecule has 12 nitrogen and oxygen atoms in total. The molecule has 2 saturated heterocycles. The SMILES string of the molecule is NC(=O)c1[nH]c2c(NC3CCN(C(=O)NCC4CCCCC4)CC3)cc(Cl)cc2c1S(=O)(=O)N1CCO[C@H](COc2ccccc2)C1. The zero-order chi connectivity index (χ0) is 33.0. The normalized spacial score (nSPS) is 20.3. The Kier molecular flexibility index (Phi) is 10.5. The standard InChI is InChI=1S/C33H43ClN6O6S/c34-23-17-27-29(28(18-23)37-24-11-13-39(14-12-24)33(42)36-19-22-7-3-1-4-8-22)38-30(32(35)41)31(27)47(43,44)40-15-16-45-26(20-40)21-46-25-9-5-2-6-10-25/h2,5-6,9-10,17-18,22,24,26,37-38H,1,3-4,7-8,11-16,19-21H2,(H2,35,41)(H,36,42)/t26-/m0/s1. The van der Waals surface area contributed by atoms with Crippen LogP contribution in [0.3, 0.4) is 0 Å². The summed E-state index contributed by atoms with van der Waals surface area (Å²) in [6.45, 7) is 2.37. The Hall–Kier alpha value is -3.52. The molecule has 3 amide bonds. The van der Waals surface area contributed by atoms with E-state index in [1.807, 2.05) is 35.2 Å². The number of amides is 3. The molecule has 3 aromatic rings. The lowest BCUT2D eigenvalue weighted by Gasteiger charge is -2.33. The van der Waals surface area contributed by atoms with Crippen LogP contribution in [0.2, 0.25) is 5.02 Å². The maximum absolute atomic E-state index is 14.2. The van der Waals surface area contributed by atoms with E-state index in [0.29, 0.717) is 53.8 Å². The zero-order valence-corrected chi connectivity index (χ0v) is 28.0. The lowest BCUT2D eigenvalue weighted by Crippen LogP contribution is -2.47. The van der Waals surface area contributed by atoms with E-state index < -0.39 is 22.0 Å². The fourth-order valence-corrected chi connectivity index (χ4v) is 8.82. The fraction of sp³-hybridized carbons (Fsp3) is 0.515. The molecule has 0 bridgehead atoms. The van der Waals surface area contributed by atoms with Gasteiger partial charge in [0.05, 0.1) is 17.8 Å². The van der Waals surface area contributed by atoms with E-state index in [2.05, 4.69) is 15.6 Å². The molecule has 3 heterocycles. The molecule has 3 fully saturated rings. The first-order chi connectivity index (χ1) is 22.7. The number of nitrogens with two attached hydrogens (primary N) is 1. The van der Waals surface area contributed by atoms with Crippen molar-refractivity contribution >= 4 is 50.2 Å². The van der Waals surface area contributed by atoms with Crippen LogP contribution in [0.15, 0.2) is 47.4 Å². The number of urea groups is 1. The van der Waals surface area contributed by atoms with Crippen molar-refractivity contribution in [3.8, 4) is 5.75 Å². The van der Waals surface area contributed by atoms with Gasteiger partial charge in [-0.25, -0.2) is 13.2 Å². The lowest BCUT2D eigenvalue weighted by atomic mass is 9.89. The van der Waals surface area contributed by atoms with Crippen molar-refractivity contribution in [1.82, 2.24) is 19.5 Å². The highest BCUT2D eigenvalue weighted by molar-refractivity contribution is 7.89. The summed E-state index contributed by atoms with van der Waals surface area (Å²) >= 11 is 6.55. The first-order valence-corrected chi connectivity index (χ1v) is 18.2. The molecular formula is C33H43ClN6O6S. The molecule has 1 aliphatic carbocycles. The zero-order valence-electron chi connectivity index (χ0n) is 26.4. The fourth-order valence-electron chi connectivity index (χ4n) is 6.82. The van der Waals surface area contributed by atoms with Crippen LogP contribution >= 0.6 is 11.6 Å². The van der Waals surface area contributed by atoms with Crippen molar-refractivity contribution in [2.45, 2.75) is 62.0 Å². The number of fused-ring (bicyclic) bond motifs is 1. The number of carbonyl (C=O) groups is 2. The predicted octanol–water partition coefficient (Wildman–Crippen LogP) is 4.55. The third-order valence-corrected chi connectivity index (χ3v) is 11.5. The monoisotopic (exact) mass is 686 g/mol. The molecular weight excluding hydrogens is 644 g/mol. The molecule has 1 saturated carbocycles. The smallest absolute Gasteiger partial charge is 0.317 e. The number of likely N-dealkylation sites (tertiary alicyclic amines) is 1. The summed E-state index contributed by atoms with van der Waals surface area (Å²) < 4.78 is 41.3. The van der Waals surface area contributed by atoms with Crippen molar-refractivity contribution in [2.75, 3.05) is 51.3 Å². The molecule has 5 N–H and O–H groups in total. The lowest BCUT2D eigenvalue weighted by molar-refractivity contribution is -0.0249. The maximum atomic E-state index is 14.2. The van der Waals surface area contributed by atoms with E-state index in [0.717, 1.165) is 6.54 Å². The number of halogens is 1. The molecule has 254 valence electrons. The molecule has 6 rings (SSSR count). The third kappa shape index (κ3) is 7.80. The van der Waals surface area contributed by atoms with Crippen LogP contribution in [0.4, 0.5) is 10.5 Å². The van der Waals surface area contributed by atoms with E-state index in [-0.39, 0.29) is 54.4 Å². The molecule has 3 aliphatic rings. The topological polar surface area (TPSA) is 159 Å². The molecule has 0 unspecified atom stereocenters. The van der Waals surface area contributed by atoms with Crippen molar-refractivity contribution in [1.29, 1.82) is 0 Å².